The third-order valence-electron chi connectivity index (χ3n) is 5.34. The van der Waals surface area contributed by atoms with Gasteiger partial charge in [0.05, 0.1) is 16.4 Å². The average molecular weight is 579 g/mol. The first-order valence-electron chi connectivity index (χ1n) is 9.84. The standard InChI is InChI=1S/C21H29BrClN3O3S2Si/c1-21(2,3)32(6,7)29-18-17(13-12-15(23)19(18)31(27,28)26(4)5)25-20(30)24-16-11-9-8-10-14(16)22/h8-13H,1-7H3,(H2,24,25,30). The van der Waals surface area contributed by atoms with E-state index in [0.717, 1.165) is 14.5 Å². The molecule has 0 bridgehead atoms. The lowest BCUT2D eigenvalue weighted by Crippen LogP contribution is -2.44. The molecular formula is C21H29BrClN3O3S2Si. The molecule has 2 N–H and O–H groups in total. The molecule has 0 unspecified atom stereocenters. The van der Waals surface area contributed by atoms with Crippen LogP contribution in [0.1, 0.15) is 20.8 Å². The van der Waals surface area contributed by atoms with E-state index >= 15 is 0 Å². The first kappa shape index (κ1) is 27.1. The number of nitrogens with zero attached hydrogens (tertiary/aromatic N) is 1. The smallest absolute Gasteiger partial charge is 0.250 e. The van der Waals surface area contributed by atoms with E-state index in [1.165, 1.54) is 20.2 Å². The van der Waals surface area contributed by atoms with Gasteiger partial charge < -0.3 is 15.1 Å². The average Bonchev–Trinajstić information content (AvgIpc) is 2.64. The van der Waals surface area contributed by atoms with E-state index in [-0.39, 0.29) is 25.8 Å². The predicted molar refractivity (Wildman–Crippen MR) is 144 cm³/mol. The molecule has 0 amide bonds. The van der Waals surface area contributed by atoms with Gasteiger partial charge in [-0.2, -0.15) is 0 Å². The van der Waals surface area contributed by atoms with E-state index in [1.807, 2.05) is 37.4 Å². The Morgan fingerprint density at radius 3 is 2.19 bits per heavy atom. The van der Waals surface area contributed by atoms with Gasteiger partial charge in [-0.05, 0) is 70.5 Å². The Balaban J connectivity index is 2.59. The van der Waals surface area contributed by atoms with Crippen LogP contribution in [-0.2, 0) is 10.0 Å². The highest BCUT2D eigenvalue weighted by molar-refractivity contribution is 9.10. The third kappa shape index (κ3) is 6.03. The minimum atomic E-state index is -3.89. The number of para-hydroxylation sites is 1. The van der Waals surface area contributed by atoms with E-state index in [1.54, 1.807) is 6.07 Å². The molecule has 0 aliphatic rings. The van der Waals surface area contributed by atoms with Crippen LogP contribution < -0.4 is 15.1 Å². The lowest BCUT2D eigenvalue weighted by molar-refractivity contribution is 0.474. The van der Waals surface area contributed by atoms with Crippen molar-refractivity contribution >= 4 is 74.6 Å². The van der Waals surface area contributed by atoms with Gasteiger partial charge in [-0.15, -0.1) is 0 Å². The van der Waals surface area contributed by atoms with Gasteiger partial charge in [0, 0.05) is 18.6 Å². The predicted octanol–water partition coefficient (Wildman–Crippen LogP) is 6.55. The van der Waals surface area contributed by atoms with Gasteiger partial charge in [0.15, 0.2) is 5.11 Å². The quantitative estimate of drug-likeness (QED) is 0.299. The summed E-state index contributed by atoms with van der Waals surface area (Å²) in [6.45, 7) is 10.3. The minimum absolute atomic E-state index is 0.0808. The SMILES string of the molecule is CN(C)S(=O)(=O)c1c(Cl)ccc(NC(=S)Nc2ccccc2Br)c1O[Si](C)(C)C(C)(C)C. The molecule has 0 aromatic heterocycles. The molecule has 32 heavy (non-hydrogen) atoms. The summed E-state index contributed by atoms with van der Waals surface area (Å²) in [5.41, 5.74) is 1.19. The van der Waals surface area contributed by atoms with Crippen molar-refractivity contribution in [1.82, 2.24) is 4.31 Å². The molecule has 0 saturated heterocycles. The largest absolute Gasteiger partial charge is 0.541 e. The van der Waals surface area contributed by atoms with Crippen molar-refractivity contribution < 1.29 is 12.8 Å². The molecule has 2 aromatic carbocycles. The molecule has 0 radical (unpaired) electrons. The second-order valence-electron chi connectivity index (χ2n) is 8.96. The van der Waals surface area contributed by atoms with Crippen molar-refractivity contribution in [2.45, 2.75) is 43.8 Å². The van der Waals surface area contributed by atoms with Crippen LogP contribution in [0.2, 0.25) is 23.2 Å². The van der Waals surface area contributed by atoms with Gasteiger partial charge in [-0.25, -0.2) is 12.7 Å². The summed E-state index contributed by atoms with van der Waals surface area (Å²) in [6, 6.07) is 10.7. The molecule has 0 aliphatic carbocycles. The maximum absolute atomic E-state index is 13.2. The van der Waals surface area contributed by atoms with E-state index in [4.69, 9.17) is 28.2 Å². The molecule has 176 valence electrons. The Morgan fingerprint density at radius 2 is 1.66 bits per heavy atom. The molecule has 0 aliphatic heterocycles. The molecule has 0 spiro atoms. The zero-order valence-electron chi connectivity index (χ0n) is 19.2. The van der Waals surface area contributed by atoms with Crippen LogP contribution >= 0.6 is 39.7 Å². The summed E-state index contributed by atoms with van der Waals surface area (Å²) in [5.74, 6) is 0.175. The fourth-order valence-electron chi connectivity index (χ4n) is 2.41. The highest BCUT2D eigenvalue weighted by Gasteiger charge is 2.41. The zero-order chi connectivity index (χ0) is 24.5. The Bertz CT molecular complexity index is 1120. The van der Waals surface area contributed by atoms with Crippen LogP contribution in [0.5, 0.6) is 5.75 Å². The lowest BCUT2D eigenvalue weighted by Gasteiger charge is -2.37. The fourth-order valence-corrected chi connectivity index (χ4v) is 5.62. The molecule has 2 aromatic rings. The van der Waals surface area contributed by atoms with Gasteiger partial charge in [-0.3, -0.25) is 0 Å². The Kier molecular flexibility index (Phi) is 8.45. The second kappa shape index (κ2) is 9.98. The molecule has 0 atom stereocenters. The number of hydrogen-bond acceptors (Lipinski definition) is 4. The molecule has 2 rings (SSSR count). The van der Waals surface area contributed by atoms with Crippen LogP contribution in [-0.4, -0.2) is 40.2 Å². The first-order valence-corrected chi connectivity index (χ1v) is 15.8. The van der Waals surface area contributed by atoms with E-state index in [9.17, 15) is 8.42 Å². The molecule has 6 nitrogen and oxygen atoms in total. The molecule has 0 heterocycles. The number of nitrogens with one attached hydrogen (secondary N) is 2. The third-order valence-corrected chi connectivity index (χ3v) is 12.9. The van der Waals surface area contributed by atoms with Crippen LogP contribution in [0.4, 0.5) is 11.4 Å². The normalized spacial score (nSPS) is 12.6. The Labute approximate surface area is 211 Å². The number of benzene rings is 2. The summed E-state index contributed by atoms with van der Waals surface area (Å²) in [5, 5.41) is 6.41. The number of thiocarbonyl (C=S) groups is 1. The highest BCUT2D eigenvalue weighted by Crippen LogP contribution is 2.44. The lowest BCUT2D eigenvalue weighted by atomic mass is 10.2. The van der Waals surface area contributed by atoms with Crippen LogP contribution in [0.25, 0.3) is 0 Å². The van der Waals surface area contributed by atoms with E-state index in [0.29, 0.717) is 5.69 Å². The van der Waals surface area contributed by atoms with Crippen molar-refractivity contribution in [3.05, 3.63) is 45.9 Å². The number of sulfonamides is 1. The maximum Gasteiger partial charge on any atom is 0.250 e. The van der Waals surface area contributed by atoms with Crippen LogP contribution in [0.3, 0.4) is 0 Å². The van der Waals surface area contributed by atoms with Gasteiger partial charge >= 0.3 is 0 Å². The monoisotopic (exact) mass is 577 g/mol. The topological polar surface area (TPSA) is 70.7 Å². The van der Waals surface area contributed by atoms with Crippen LogP contribution in [0, 0.1) is 0 Å². The highest BCUT2D eigenvalue weighted by atomic mass is 79.9. The summed E-state index contributed by atoms with van der Waals surface area (Å²) in [6.07, 6.45) is 0. The summed E-state index contributed by atoms with van der Waals surface area (Å²) in [7, 11) is -3.41. The van der Waals surface area contributed by atoms with Crippen molar-refractivity contribution in [3.8, 4) is 5.75 Å². The van der Waals surface area contributed by atoms with Crippen molar-refractivity contribution in [2.24, 2.45) is 0 Å². The van der Waals surface area contributed by atoms with E-state index in [2.05, 4.69) is 47.3 Å². The summed E-state index contributed by atoms with van der Waals surface area (Å²) in [4.78, 5) is -0.0808. The maximum atomic E-state index is 13.2. The van der Waals surface area contributed by atoms with Crippen molar-refractivity contribution in [1.29, 1.82) is 0 Å². The second-order valence-corrected chi connectivity index (χ2v) is 17.4. The number of rotatable bonds is 6. The fraction of sp³-hybridized carbons (Fsp3) is 0.381. The minimum Gasteiger partial charge on any atom is -0.541 e. The van der Waals surface area contributed by atoms with Gasteiger partial charge in [0.25, 0.3) is 8.32 Å². The number of anilines is 2. The van der Waals surface area contributed by atoms with E-state index < -0.39 is 18.3 Å². The summed E-state index contributed by atoms with van der Waals surface area (Å²) < 4.78 is 34.8. The Hall–Kier alpha value is -1.17. The van der Waals surface area contributed by atoms with Gasteiger partial charge in [0.1, 0.15) is 10.6 Å². The van der Waals surface area contributed by atoms with Gasteiger partial charge in [0.2, 0.25) is 10.0 Å². The summed E-state index contributed by atoms with van der Waals surface area (Å²) >= 11 is 15.4. The molecule has 11 heteroatoms. The molecule has 0 saturated carbocycles. The molecule has 0 fully saturated rings. The zero-order valence-corrected chi connectivity index (χ0v) is 24.2. The van der Waals surface area contributed by atoms with Crippen molar-refractivity contribution in [2.75, 3.05) is 24.7 Å². The first-order chi connectivity index (χ1) is 14.6. The van der Waals surface area contributed by atoms with Gasteiger partial charge in [-0.1, -0.05) is 44.5 Å². The van der Waals surface area contributed by atoms with Crippen LogP contribution in [0.15, 0.2) is 45.8 Å². The Morgan fingerprint density at radius 1 is 1.09 bits per heavy atom. The number of halogens is 2. The van der Waals surface area contributed by atoms with Crippen molar-refractivity contribution in [3.63, 3.8) is 0 Å². The molecular weight excluding hydrogens is 550 g/mol. The number of hydrogen-bond donors (Lipinski definition) is 2.